The molecule has 112 valence electrons. The molecule has 22 heavy (non-hydrogen) atoms. The van der Waals surface area contributed by atoms with Crippen LogP contribution >= 0.6 is 11.3 Å². The smallest absolute Gasteiger partial charge is 0.293 e. The molecule has 0 atom stereocenters. The van der Waals surface area contributed by atoms with Crippen molar-refractivity contribution >= 4 is 34.4 Å². The van der Waals surface area contributed by atoms with Crippen LogP contribution in [0.25, 0.3) is 11.6 Å². The number of hydrogen-bond acceptors (Lipinski definition) is 6. The molecule has 6 nitrogen and oxygen atoms in total. The minimum absolute atomic E-state index is 0.00589. The van der Waals surface area contributed by atoms with Gasteiger partial charge in [-0.3, -0.25) is 10.1 Å². The van der Waals surface area contributed by atoms with Gasteiger partial charge in [-0.05, 0) is 24.6 Å². The van der Waals surface area contributed by atoms with Crippen molar-refractivity contribution in [2.45, 2.75) is 6.92 Å². The molecule has 0 fully saturated rings. The lowest BCUT2D eigenvalue weighted by Crippen LogP contribution is -2.10. The fourth-order valence-electron chi connectivity index (χ4n) is 1.94. The molecule has 2 rings (SSSR count). The Bertz CT molecular complexity index is 787. The number of benzene rings is 1. The number of anilines is 1. The summed E-state index contributed by atoms with van der Waals surface area (Å²) in [5, 5.41) is 22.9. The van der Waals surface area contributed by atoms with Crippen LogP contribution in [0.1, 0.15) is 16.3 Å². The van der Waals surface area contributed by atoms with Crippen molar-refractivity contribution in [3.05, 3.63) is 50.0 Å². The van der Waals surface area contributed by atoms with Crippen LogP contribution in [0.15, 0.2) is 23.6 Å². The number of allylic oxidation sites excluding steroid dienone is 1. The van der Waals surface area contributed by atoms with Crippen LogP contribution in [-0.2, 0) is 0 Å². The molecular weight excluding hydrogens is 300 g/mol. The van der Waals surface area contributed by atoms with Crippen LogP contribution < -0.4 is 4.90 Å². The van der Waals surface area contributed by atoms with E-state index in [9.17, 15) is 15.4 Å². The molecule has 7 heteroatoms. The molecule has 0 aliphatic rings. The van der Waals surface area contributed by atoms with Gasteiger partial charge in [-0.1, -0.05) is 6.07 Å². The van der Waals surface area contributed by atoms with Crippen molar-refractivity contribution in [2.24, 2.45) is 0 Å². The lowest BCUT2D eigenvalue weighted by Gasteiger charge is -2.12. The average molecular weight is 314 g/mol. The van der Waals surface area contributed by atoms with E-state index in [1.165, 1.54) is 17.4 Å². The number of nitro benzene ring substituents is 1. The van der Waals surface area contributed by atoms with E-state index in [0.717, 1.165) is 5.69 Å². The second kappa shape index (κ2) is 6.37. The molecule has 0 aliphatic heterocycles. The van der Waals surface area contributed by atoms with Gasteiger partial charge in [0.1, 0.15) is 16.8 Å². The molecule has 0 unspecified atom stereocenters. The Hall–Kier alpha value is -2.72. The maximum Gasteiger partial charge on any atom is 0.293 e. The van der Waals surface area contributed by atoms with Gasteiger partial charge >= 0.3 is 0 Å². The van der Waals surface area contributed by atoms with E-state index in [-0.39, 0.29) is 5.69 Å². The van der Waals surface area contributed by atoms with E-state index < -0.39 is 4.92 Å². The molecule has 0 saturated carbocycles. The zero-order valence-corrected chi connectivity index (χ0v) is 13.2. The number of nitriles is 1. The van der Waals surface area contributed by atoms with Gasteiger partial charge in [0.2, 0.25) is 0 Å². The predicted octanol–water partition coefficient (Wildman–Crippen LogP) is 3.49. The SMILES string of the molecule is Cc1csc(C(C#N)=Cc2ccc(N(C)C)c([N+](=O)[O-])c2)n1. The highest BCUT2D eigenvalue weighted by Gasteiger charge is 2.16. The van der Waals surface area contributed by atoms with Gasteiger partial charge in [-0.2, -0.15) is 5.26 Å². The van der Waals surface area contributed by atoms with Crippen LogP contribution in [-0.4, -0.2) is 24.0 Å². The number of aryl methyl sites for hydroxylation is 1. The summed E-state index contributed by atoms with van der Waals surface area (Å²) in [6, 6.07) is 6.98. The Morgan fingerprint density at radius 3 is 2.73 bits per heavy atom. The van der Waals surface area contributed by atoms with E-state index in [1.54, 1.807) is 37.2 Å². The summed E-state index contributed by atoms with van der Waals surface area (Å²) in [5.41, 5.74) is 2.36. The first kappa shape index (κ1) is 15.7. The van der Waals surface area contributed by atoms with Gasteiger partial charge in [0.25, 0.3) is 5.69 Å². The third kappa shape index (κ3) is 3.30. The largest absolute Gasteiger partial charge is 0.372 e. The van der Waals surface area contributed by atoms with Gasteiger partial charge in [-0.15, -0.1) is 11.3 Å². The quantitative estimate of drug-likeness (QED) is 0.490. The first-order chi connectivity index (χ1) is 10.4. The lowest BCUT2D eigenvalue weighted by molar-refractivity contribution is -0.384. The van der Waals surface area contributed by atoms with Gasteiger partial charge in [-0.25, -0.2) is 4.98 Å². The van der Waals surface area contributed by atoms with Gasteiger partial charge in [0.05, 0.1) is 10.5 Å². The molecule has 0 N–H and O–H groups in total. The standard InChI is InChI=1S/C15H14N4O2S/c1-10-9-22-15(17-10)12(8-16)6-11-4-5-13(18(2)3)14(7-11)19(20)21/h4-7,9H,1-3H3. The van der Waals surface area contributed by atoms with E-state index in [0.29, 0.717) is 21.8 Å². The van der Waals surface area contributed by atoms with Crippen LogP contribution in [0.3, 0.4) is 0 Å². The second-order valence-corrected chi connectivity index (χ2v) is 5.72. The molecule has 1 heterocycles. The summed E-state index contributed by atoms with van der Waals surface area (Å²) in [5.74, 6) is 0. The van der Waals surface area contributed by atoms with E-state index in [1.807, 2.05) is 12.3 Å². The number of hydrogen-bond donors (Lipinski definition) is 0. The van der Waals surface area contributed by atoms with Crippen molar-refractivity contribution in [2.75, 3.05) is 19.0 Å². The predicted molar refractivity (Wildman–Crippen MR) is 87.8 cm³/mol. The molecule has 2 aromatic rings. The maximum absolute atomic E-state index is 11.2. The van der Waals surface area contributed by atoms with E-state index in [4.69, 9.17) is 0 Å². The summed E-state index contributed by atoms with van der Waals surface area (Å²) in [7, 11) is 3.49. The third-order valence-corrected chi connectivity index (χ3v) is 3.95. The summed E-state index contributed by atoms with van der Waals surface area (Å²) in [6.07, 6.45) is 1.62. The molecule has 0 amide bonds. The minimum Gasteiger partial charge on any atom is -0.372 e. The van der Waals surface area contributed by atoms with Gasteiger partial charge < -0.3 is 4.90 Å². The average Bonchev–Trinajstić information content (AvgIpc) is 2.90. The van der Waals surface area contributed by atoms with Gasteiger partial charge in [0.15, 0.2) is 0 Å². The molecule has 1 aromatic heterocycles. The molecule has 0 saturated heterocycles. The molecular formula is C15H14N4O2S. The Morgan fingerprint density at radius 1 is 1.50 bits per heavy atom. The first-order valence-corrected chi connectivity index (χ1v) is 7.30. The number of nitrogens with zero attached hydrogens (tertiary/aromatic N) is 4. The number of thiazole rings is 1. The van der Waals surface area contributed by atoms with Gasteiger partial charge in [0, 0.05) is 31.2 Å². The summed E-state index contributed by atoms with van der Waals surface area (Å²) in [4.78, 5) is 16.7. The highest BCUT2D eigenvalue weighted by atomic mass is 32.1. The lowest BCUT2D eigenvalue weighted by atomic mass is 10.1. The fourth-order valence-corrected chi connectivity index (χ4v) is 2.70. The third-order valence-electron chi connectivity index (χ3n) is 2.96. The zero-order valence-electron chi connectivity index (χ0n) is 12.4. The van der Waals surface area contributed by atoms with Crippen molar-refractivity contribution in [1.82, 2.24) is 4.98 Å². The number of aromatic nitrogens is 1. The summed E-state index contributed by atoms with van der Waals surface area (Å²) >= 11 is 1.38. The normalized spacial score (nSPS) is 11.1. The Balaban J connectivity index is 2.49. The van der Waals surface area contributed by atoms with Crippen LogP contribution in [0.5, 0.6) is 0 Å². The van der Waals surface area contributed by atoms with Crippen LogP contribution in [0.4, 0.5) is 11.4 Å². The number of rotatable bonds is 4. The van der Waals surface area contributed by atoms with Crippen LogP contribution in [0.2, 0.25) is 0 Å². The molecule has 0 radical (unpaired) electrons. The Labute approximate surface area is 132 Å². The molecule has 0 bridgehead atoms. The van der Waals surface area contributed by atoms with Crippen molar-refractivity contribution < 1.29 is 4.92 Å². The Morgan fingerprint density at radius 2 is 2.23 bits per heavy atom. The summed E-state index contributed by atoms with van der Waals surface area (Å²) < 4.78 is 0. The molecule has 1 aromatic carbocycles. The van der Waals surface area contributed by atoms with Crippen molar-refractivity contribution in [1.29, 1.82) is 5.26 Å². The Kier molecular flexibility index (Phi) is 4.53. The second-order valence-electron chi connectivity index (χ2n) is 4.86. The highest BCUT2D eigenvalue weighted by molar-refractivity contribution is 7.11. The maximum atomic E-state index is 11.2. The molecule has 0 spiro atoms. The summed E-state index contributed by atoms with van der Waals surface area (Å²) in [6.45, 7) is 1.85. The van der Waals surface area contributed by atoms with Crippen molar-refractivity contribution in [3.63, 3.8) is 0 Å². The number of nitro groups is 1. The zero-order chi connectivity index (χ0) is 16.3. The highest BCUT2D eigenvalue weighted by Crippen LogP contribution is 2.29. The molecule has 0 aliphatic carbocycles. The van der Waals surface area contributed by atoms with Crippen molar-refractivity contribution in [3.8, 4) is 6.07 Å². The topological polar surface area (TPSA) is 83.1 Å². The fraction of sp³-hybridized carbons (Fsp3) is 0.200. The first-order valence-electron chi connectivity index (χ1n) is 6.42. The van der Waals surface area contributed by atoms with Crippen LogP contribution in [0, 0.1) is 28.4 Å². The minimum atomic E-state index is -0.424. The van der Waals surface area contributed by atoms with E-state index in [2.05, 4.69) is 11.1 Å². The van der Waals surface area contributed by atoms with E-state index >= 15 is 0 Å². The monoisotopic (exact) mass is 314 g/mol.